The number of carbonyl (C=O) groups excluding carboxylic acids is 1. The van der Waals surface area contributed by atoms with Crippen molar-refractivity contribution in [1.82, 2.24) is 14.7 Å². The van der Waals surface area contributed by atoms with E-state index in [1.54, 1.807) is 0 Å². The highest BCUT2D eigenvalue weighted by molar-refractivity contribution is 5.85. The quantitative estimate of drug-likeness (QED) is 0.920. The lowest BCUT2D eigenvalue weighted by Gasteiger charge is -2.33. The molecule has 0 spiro atoms. The van der Waals surface area contributed by atoms with Gasteiger partial charge in [-0.1, -0.05) is 13.3 Å². The Hall–Kier alpha value is -1.07. The molecule has 1 aromatic heterocycles. The smallest absolute Gasteiger partial charge is 0.239 e. The third-order valence-corrected chi connectivity index (χ3v) is 4.00. The largest absolute Gasteiger partial charge is 0.341 e. The molecule has 2 heterocycles. The van der Waals surface area contributed by atoms with Gasteiger partial charge in [-0.05, 0) is 25.3 Å². The number of nitrogens with two attached hydrogens (primary N) is 1. The van der Waals surface area contributed by atoms with Crippen LogP contribution >= 0.6 is 12.4 Å². The van der Waals surface area contributed by atoms with Gasteiger partial charge in [0.2, 0.25) is 5.91 Å². The SMILES string of the molecule is CCCC(N)C(=O)N1CCC(c2ccnn2C)CC1.Cl. The lowest BCUT2D eigenvalue weighted by molar-refractivity contribution is -0.133. The van der Waals surface area contributed by atoms with E-state index >= 15 is 0 Å². The van der Waals surface area contributed by atoms with E-state index < -0.39 is 0 Å². The number of rotatable bonds is 4. The maximum atomic E-state index is 12.1. The van der Waals surface area contributed by atoms with E-state index in [0.29, 0.717) is 5.92 Å². The first-order chi connectivity index (χ1) is 9.13. The van der Waals surface area contributed by atoms with Crippen molar-refractivity contribution in [3.63, 3.8) is 0 Å². The Kier molecular flexibility index (Phi) is 6.49. The van der Waals surface area contributed by atoms with Crippen molar-refractivity contribution in [2.24, 2.45) is 12.8 Å². The Bertz CT molecular complexity index is 427. The molecule has 1 aliphatic heterocycles. The third-order valence-electron chi connectivity index (χ3n) is 4.00. The van der Waals surface area contributed by atoms with Crippen LogP contribution in [0.15, 0.2) is 12.3 Å². The van der Waals surface area contributed by atoms with Crippen molar-refractivity contribution < 1.29 is 4.79 Å². The molecule has 6 heteroatoms. The van der Waals surface area contributed by atoms with E-state index in [0.717, 1.165) is 38.8 Å². The minimum Gasteiger partial charge on any atom is -0.341 e. The standard InChI is InChI=1S/C14H24N4O.ClH/c1-3-4-12(15)14(19)18-9-6-11(7-10-18)13-5-8-16-17(13)2;/h5,8,11-12H,3-4,6-7,9-10,15H2,1-2H3;1H. The summed E-state index contributed by atoms with van der Waals surface area (Å²) in [7, 11) is 1.98. The normalized spacial score (nSPS) is 17.6. The van der Waals surface area contributed by atoms with Crippen LogP contribution in [0.4, 0.5) is 0 Å². The Labute approximate surface area is 126 Å². The molecule has 2 rings (SSSR count). The number of carbonyl (C=O) groups is 1. The summed E-state index contributed by atoms with van der Waals surface area (Å²) in [5.41, 5.74) is 7.18. The zero-order chi connectivity index (χ0) is 13.8. The summed E-state index contributed by atoms with van der Waals surface area (Å²) in [4.78, 5) is 14.1. The van der Waals surface area contributed by atoms with Crippen LogP contribution in [0.2, 0.25) is 0 Å². The molecule has 1 unspecified atom stereocenters. The number of amides is 1. The number of likely N-dealkylation sites (tertiary alicyclic amines) is 1. The van der Waals surface area contributed by atoms with E-state index in [1.807, 2.05) is 22.8 Å². The van der Waals surface area contributed by atoms with Crippen molar-refractivity contribution in [3.05, 3.63) is 18.0 Å². The van der Waals surface area contributed by atoms with Gasteiger partial charge in [-0.25, -0.2) is 0 Å². The highest BCUT2D eigenvalue weighted by Gasteiger charge is 2.27. The zero-order valence-electron chi connectivity index (χ0n) is 12.3. The van der Waals surface area contributed by atoms with Crippen LogP contribution in [0.1, 0.15) is 44.2 Å². The lowest BCUT2D eigenvalue weighted by atomic mass is 9.93. The van der Waals surface area contributed by atoms with Gasteiger partial charge >= 0.3 is 0 Å². The van der Waals surface area contributed by atoms with Crippen LogP contribution in [0.25, 0.3) is 0 Å². The number of hydrogen-bond acceptors (Lipinski definition) is 3. The van der Waals surface area contributed by atoms with Crippen LogP contribution < -0.4 is 5.73 Å². The van der Waals surface area contributed by atoms with E-state index in [9.17, 15) is 4.79 Å². The van der Waals surface area contributed by atoms with Crippen molar-refractivity contribution >= 4 is 18.3 Å². The molecule has 0 aromatic carbocycles. The highest BCUT2D eigenvalue weighted by Crippen LogP contribution is 2.27. The minimum absolute atomic E-state index is 0. The highest BCUT2D eigenvalue weighted by atomic mass is 35.5. The fourth-order valence-corrected chi connectivity index (χ4v) is 2.85. The van der Waals surface area contributed by atoms with E-state index in [1.165, 1.54) is 5.69 Å². The summed E-state index contributed by atoms with van der Waals surface area (Å²) in [5.74, 6) is 0.629. The minimum atomic E-state index is -0.321. The van der Waals surface area contributed by atoms with Gasteiger partial charge < -0.3 is 10.6 Å². The Morgan fingerprint density at radius 3 is 2.65 bits per heavy atom. The van der Waals surface area contributed by atoms with Crippen molar-refractivity contribution in [2.75, 3.05) is 13.1 Å². The Balaban J connectivity index is 0.00000200. The molecule has 1 atom stereocenters. The predicted molar refractivity (Wildman–Crippen MR) is 81.9 cm³/mol. The third kappa shape index (κ3) is 3.73. The first-order valence-corrected chi connectivity index (χ1v) is 7.15. The number of hydrogen-bond donors (Lipinski definition) is 1. The topological polar surface area (TPSA) is 64.2 Å². The molecule has 1 saturated heterocycles. The van der Waals surface area contributed by atoms with Crippen LogP contribution in [0.3, 0.4) is 0 Å². The monoisotopic (exact) mass is 300 g/mol. The molecule has 0 radical (unpaired) electrons. The number of nitrogens with zero attached hydrogens (tertiary/aromatic N) is 3. The van der Waals surface area contributed by atoms with Gasteiger partial charge in [-0.2, -0.15) is 5.10 Å². The molecule has 5 nitrogen and oxygen atoms in total. The molecule has 0 saturated carbocycles. The average molecular weight is 301 g/mol. The lowest BCUT2D eigenvalue weighted by Crippen LogP contribution is -2.46. The van der Waals surface area contributed by atoms with Crippen LogP contribution in [0.5, 0.6) is 0 Å². The summed E-state index contributed by atoms with van der Waals surface area (Å²) in [6.07, 6.45) is 5.58. The number of piperidine rings is 1. The summed E-state index contributed by atoms with van der Waals surface area (Å²) in [5, 5.41) is 4.21. The molecule has 20 heavy (non-hydrogen) atoms. The van der Waals surface area contributed by atoms with Gasteiger partial charge in [0.25, 0.3) is 0 Å². The molecule has 114 valence electrons. The molecule has 1 aliphatic rings. The van der Waals surface area contributed by atoms with Crippen molar-refractivity contribution in [1.29, 1.82) is 0 Å². The Morgan fingerprint density at radius 2 is 2.15 bits per heavy atom. The van der Waals surface area contributed by atoms with E-state index in [2.05, 4.69) is 18.1 Å². The molecule has 0 bridgehead atoms. The second-order valence-electron chi connectivity index (χ2n) is 5.37. The van der Waals surface area contributed by atoms with Crippen molar-refractivity contribution in [2.45, 2.75) is 44.6 Å². The fraction of sp³-hybridized carbons (Fsp3) is 0.714. The molecule has 2 N–H and O–H groups in total. The van der Waals surface area contributed by atoms with Gasteiger partial charge in [-0.3, -0.25) is 9.48 Å². The molecular formula is C14H25ClN4O. The summed E-state index contributed by atoms with van der Waals surface area (Å²) in [6.45, 7) is 3.68. The summed E-state index contributed by atoms with van der Waals surface area (Å²) < 4.78 is 1.94. The van der Waals surface area contributed by atoms with Crippen LogP contribution in [-0.2, 0) is 11.8 Å². The van der Waals surface area contributed by atoms with Gasteiger partial charge in [0, 0.05) is 37.9 Å². The molecule has 0 aliphatic carbocycles. The first kappa shape index (κ1) is 17.0. The predicted octanol–water partition coefficient (Wildman–Crippen LogP) is 1.68. The molecular weight excluding hydrogens is 276 g/mol. The second-order valence-corrected chi connectivity index (χ2v) is 5.37. The second kappa shape index (κ2) is 7.64. The molecule has 1 fully saturated rings. The maximum absolute atomic E-state index is 12.1. The molecule has 1 amide bonds. The van der Waals surface area contributed by atoms with Gasteiger partial charge in [0.05, 0.1) is 6.04 Å². The number of halogens is 1. The van der Waals surface area contributed by atoms with Gasteiger partial charge in [0.1, 0.15) is 0 Å². The van der Waals surface area contributed by atoms with Crippen LogP contribution in [-0.4, -0.2) is 39.7 Å². The first-order valence-electron chi connectivity index (χ1n) is 7.15. The fourth-order valence-electron chi connectivity index (χ4n) is 2.85. The number of aryl methyl sites for hydroxylation is 1. The zero-order valence-corrected chi connectivity index (χ0v) is 13.1. The van der Waals surface area contributed by atoms with Crippen LogP contribution in [0, 0.1) is 0 Å². The average Bonchev–Trinajstić information content (AvgIpc) is 2.84. The Morgan fingerprint density at radius 1 is 1.50 bits per heavy atom. The molecule has 1 aromatic rings. The maximum Gasteiger partial charge on any atom is 0.239 e. The summed E-state index contributed by atoms with van der Waals surface area (Å²) in [6, 6.07) is 1.75. The van der Waals surface area contributed by atoms with E-state index in [-0.39, 0.29) is 24.4 Å². The van der Waals surface area contributed by atoms with E-state index in [4.69, 9.17) is 5.73 Å². The summed E-state index contributed by atoms with van der Waals surface area (Å²) >= 11 is 0. The van der Waals surface area contributed by atoms with Gasteiger partial charge in [-0.15, -0.1) is 12.4 Å². The van der Waals surface area contributed by atoms with Gasteiger partial charge in [0.15, 0.2) is 0 Å². The van der Waals surface area contributed by atoms with Crippen molar-refractivity contribution in [3.8, 4) is 0 Å². The number of aromatic nitrogens is 2.